The molecular formula is C47H53N9O6. The van der Waals surface area contributed by atoms with E-state index in [0.717, 1.165) is 86.2 Å². The molecule has 5 aliphatic heterocycles. The van der Waals surface area contributed by atoms with Gasteiger partial charge in [0.05, 0.1) is 41.8 Å². The van der Waals surface area contributed by atoms with E-state index in [1.54, 1.807) is 23.1 Å². The number of hydrogen-bond acceptors (Lipinski definition) is 11. The predicted molar refractivity (Wildman–Crippen MR) is 235 cm³/mol. The summed E-state index contributed by atoms with van der Waals surface area (Å²) in [4.78, 5) is 46.7. The zero-order valence-corrected chi connectivity index (χ0v) is 35.0. The van der Waals surface area contributed by atoms with E-state index in [2.05, 4.69) is 48.9 Å². The Bertz CT molecular complexity index is 2490. The monoisotopic (exact) mass is 839 g/mol. The van der Waals surface area contributed by atoms with E-state index in [1.165, 1.54) is 5.69 Å². The van der Waals surface area contributed by atoms with Crippen LogP contribution in [0.5, 0.6) is 5.75 Å². The molecule has 3 aromatic carbocycles. The Balaban J connectivity index is 0.735. The Morgan fingerprint density at radius 3 is 2.45 bits per heavy atom. The number of benzene rings is 3. The van der Waals surface area contributed by atoms with Crippen molar-refractivity contribution < 1.29 is 29.0 Å². The highest BCUT2D eigenvalue weighted by atomic mass is 16.6. The van der Waals surface area contributed by atoms with E-state index >= 15 is 0 Å². The van der Waals surface area contributed by atoms with E-state index in [0.29, 0.717) is 67.3 Å². The molecule has 2 aromatic heterocycles. The first kappa shape index (κ1) is 40.1. The topological polar surface area (TPSA) is 172 Å². The van der Waals surface area contributed by atoms with E-state index in [9.17, 15) is 19.5 Å². The predicted octanol–water partition coefficient (Wildman–Crippen LogP) is 5.68. The zero-order chi connectivity index (χ0) is 42.5. The third-order valence-corrected chi connectivity index (χ3v) is 13.7. The SMILES string of the molecule is Cc1cc2c(N3CCC(=O)NC3=O)cccc2n1C1CCN(CC2CCN(C(=O)c3ccc([C@@H]4CN(c5cc(-c6ccccc6O)nnc5N)[C@@H]5COC[C@@H]5O4)cc3)CC2)CC1. The number of aromatic nitrogens is 3. The standard InChI is InChI=1S/C47H53N9O6/c1-29-23-35-37(54-22-17-44(58)49-47(54)60)6-4-7-38(35)56(29)33-15-18-52(19-16-33)25-30-13-20-53(21-14-30)46(59)32-11-9-31(10-12-32)42-26-55(40-27-61-28-43(40)62-42)39-24-36(50-51-45(39)48)34-5-2-3-8-41(34)57/h2-12,23-24,30,33,40,42-43,57H,13-22,25-28H2,1H3,(H2,48,51)(H,49,58,60)/t40-,42+,43+/m1/s1. The Labute approximate surface area is 360 Å². The van der Waals surface area contributed by atoms with Crippen LogP contribution in [0.3, 0.4) is 0 Å². The third-order valence-electron chi connectivity index (χ3n) is 13.7. The number of aromatic hydroxyl groups is 1. The number of anilines is 3. The molecule has 5 saturated heterocycles. The van der Waals surface area contributed by atoms with E-state index < -0.39 is 0 Å². The van der Waals surface area contributed by atoms with Crippen molar-refractivity contribution in [1.82, 2.24) is 29.9 Å². The number of amides is 4. The van der Waals surface area contributed by atoms with Crippen molar-refractivity contribution in [2.75, 3.05) is 74.6 Å². The Hall–Kier alpha value is -6.03. The summed E-state index contributed by atoms with van der Waals surface area (Å²) in [5, 5.41) is 22.5. The summed E-state index contributed by atoms with van der Waals surface area (Å²) in [6.45, 7) is 8.58. The summed E-state index contributed by atoms with van der Waals surface area (Å²) in [6, 6.07) is 25.0. The summed E-state index contributed by atoms with van der Waals surface area (Å²) in [7, 11) is 0. The highest BCUT2D eigenvalue weighted by Gasteiger charge is 2.42. The van der Waals surface area contributed by atoms with Crippen LogP contribution in [0.2, 0.25) is 0 Å². The van der Waals surface area contributed by atoms with Crippen LogP contribution in [-0.2, 0) is 14.3 Å². The number of phenols is 1. The number of carbonyl (C=O) groups excluding carboxylic acids is 3. The lowest BCUT2D eigenvalue weighted by atomic mass is 9.94. The molecule has 15 heteroatoms. The molecule has 322 valence electrons. The lowest BCUT2D eigenvalue weighted by molar-refractivity contribution is -0.120. The van der Waals surface area contributed by atoms with E-state index in [4.69, 9.17) is 15.2 Å². The summed E-state index contributed by atoms with van der Waals surface area (Å²) in [6.07, 6.45) is 3.91. The molecule has 0 unspecified atom stereocenters. The fraction of sp³-hybridized carbons (Fsp3) is 0.426. The number of likely N-dealkylation sites (tertiary alicyclic amines) is 2. The molecule has 15 nitrogen and oxygen atoms in total. The van der Waals surface area contributed by atoms with Gasteiger partial charge in [-0.1, -0.05) is 30.3 Å². The lowest BCUT2D eigenvalue weighted by Gasteiger charge is -2.42. The van der Waals surface area contributed by atoms with Gasteiger partial charge in [0.1, 0.15) is 18.0 Å². The summed E-state index contributed by atoms with van der Waals surface area (Å²) >= 11 is 0. The molecule has 3 atom stereocenters. The van der Waals surface area contributed by atoms with Crippen molar-refractivity contribution in [3.63, 3.8) is 0 Å². The summed E-state index contributed by atoms with van der Waals surface area (Å²) in [5.41, 5.74) is 13.1. The quantitative estimate of drug-likeness (QED) is 0.176. The molecule has 0 bridgehead atoms. The van der Waals surface area contributed by atoms with Crippen LogP contribution >= 0.6 is 0 Å². The summed E-state index contributed by atoms with van der Waals surface area (Å²) < 4.78 is 14.9. The van der Waals surface area contributed by atoms with Crippen LogP contribution in [0.1, 0.15) is 65.9 Å². The second-order valence-corrected chi connectivity index (χ2v) is 17.4. The molecule has 4 N–H and O–H groups in total. The van der Waals surface area contributed by atoms with Crippen molar-refractivity contribution in [1.29, 1.82) is 0 Å². The van der Waals surface area contributed by atoms with Crippen LogP contribution < -0.4 is 20.9 Å². The number of rotatable bonds is 8. The van der Waals surface area contributed by atoms with Gasteiger partial charge in [-0.25, -0.2) is 4.79 Å². The number of imide groups is 1. The number of para-hydroxylation sites is 1. The van der Waals surface area contributed by atoms with Gasteiger partial charge in [0.15, 0.2) is 5.82 Å². The van der Waals surface area contributed by atoms with Crippen molar-refractivity contribution in [3.05, 3.63) is 95.7 Å². The van der Waals surface area contributed by atoms with Gasteiger partial charge in [-0.3, -0.25) is 19.8 Å². The number of nitrogens with one attached hydrogen (secondary N) is 1. The fourth-order valence-electron chi connectivity index (χ4n) is 10.4. The van der Waals surface area contributed by atoms with Gasteiger partial charge < -0.3 is 39.6 Å². The zero-order valence-electron chi connectivity index (χ0n) is 35.0. The number of ether oxygens (including phenoxy) is 2. The first-order valence-corrected chi connectivity index (χ1v) is 21.9. The van der Waals surface area contributed by atoms with Gasteiger partial charge in [-0.05, 0) is 92.6 Å². The maximum Gasteiger partial charge on any atom is 0.328 e. The molecule has 5 fully saturated rings. The number of nitrogens with two attached hydrogens (primary N) is 1. The summed E-state index contributed by atoms with van der Waals surface area (Å²) in [5.74, 6) is 0.795. The number of nitrogens with zero attached hydrogens (tertiary/aromatic N) is 7. The average Bonchev–Trinajstić information content (AvgIpc) is 3.91. The number of fused-ring (bicyclic) bond motifs is 2. The van der Waals surface area contributed by atoms with Crippen LogP contribution in [-0.4, -0.2) is 119 Å². The van der Waals surface area contributed by atoms with Crippen LogP contribution in [0.4, 0.5) is 22.0 Å². The number of piperidine rings is 2. The van der Waals surface area contributed by atoms with Crippen molar-refractivity contribution in [2.24, 2.45) is 5.92 Å². The number of nitrogen functional groups attached to an aromatic ring is 1. The molecule has 0 saturated carbocycles. The molecule has 0 spiro atoms. The van der Waals surface area contributed by atoms with Crippen LogP contribution in [0.25, 0.3) is 22.2 Å². The first-order chi connectivity index (χ1) is 30.2. The molecule has 4 amide bonds. The van der Waals surface area contributed by atoms with E-state index in [1.807, 2.05) is 53.4 Å². The smallest absolute Gasteiger partial charge is 0.328 e. The number of carbonyl (C=O) groups is 3. The molecule has 0 aliphatic carbocycles. The minimum Gasteiger partial charge on any atom is -0.507 e. The highest BCUT2D eigenvalue weighted by Crippen LogP contribution is 2.40. The Morgan fingerprint density at radius 2 is 1.68 bits per heavy atom. The minimum atomic E-state index is -0.358. The molecule has 10 rings (SSSR count). The van der Waals surface area contributed by atoms with Gasteiger partial charge in [0.2, 0.25) is 5.91 Å². The maximum absolute atomic E-state index is 13.8. The number of morpholine rings is 1. The highest BCUT2D eigenvalue weighted by molar-refractivity contribution is 6.09. The Morgan fingerprint density at radius 1 is 0.887 bits per heavy atom. The number of urea groups is 1. The molecule has 5 aliphatic rings. The second kappa shape index (κ2) is 16.7. The molecular weight excluding hydrogens is 787 g/mol. The molecule has 62 heavy (non-hydrogen) atoms. The van der Waals surface area contributed by atoms with Gasteiger partial charge in [-0.15, -0.1) is 10.2 Å². The number of aryl methyl sites for hydroxylation is 1. The largest absolute Gasteiger partial charge is 0.507 e. The van der Waals surface area contributed by atoms with Gasteiger partial charge in [0.25, 0.3) is 5.91 Å². The van der Waals surface area contributed by atoms with E-state index in [-0.39, 0.29) is 41.8 Å². The molecule has 7 heterocycles. The third kappa shape index (κ3) is 7.62. The van der Waals surface area contributed by atoms with Gasteiger partial charge >= 0.3 is 6.03 Å². The molecule has 0 radical (unpaired) electrons. The van der Waals surface area contributed by atoms with Crippen molar-refractivity contribution in [2.45, 2.75) is 63.3 Å². The minimum absolute atomic E-state index is 0.0530. The molecule has 5 aromatic rings. The second-order valence-electron chi connectivity index (χ2n) is 17.4. The van der Waals surface area contributed by atoms with Crippen molar-refractivity contribution >= 4 is 45.9 Å². The van der Waals surface area contributed by atoms with Crippen LogP contribution in [0.15, 0.2) is 78.9 Å². The number of phenolic OH excluding ortho intramolecular Hbond substituents is 1. The maximum atomic E-state index is 13.8. The van der Waals surface area contributed by atoms with Gasteiger partial charge in [-0.2, -0.15) is 0 Å². The average molecular weight is 840 g/mol. The van der Waals surface area contributed by atoms with Crippen LogP contribution in [0, 0.1) is 12.8 Å². The van der Waals surface area contributed by atoms with Gasteiger partial charge in [0, 0.05) is 80.5 Å². The van der Waals surface area contributed by atoms with Crippen molar-refractivity contribution in [3.8, 4) is 17.0 Å². The Kier molecular flexibility index (Phi) is 10.8. The lowest BCUT2D eigenvalue weighted by Crippen LogP contribution is -2.52. The first-order valence-electron chi connectivity index (χ1n) is 21.9. The normalized spacial score (nSPS) is 22.9. The number of hydrogen-bond donors (Lipinski definition) is 3. The fourth-order valence-corrected chi connectivity index (χ4v) is 10.4.